The molecule has 0 aliphatic rings. The molecular formula is C15H14N4. The van der Waals surface area contributed by atoms with Crippen LogP contribution in [0.2, 0.25) is 0 Å². The van der Waals surface area contributed by atoms with Gasteiger partial charge in [0, 0.05) is 11.1 Å². The van der Waals surface area contributed by atoms with E-state index in [-0.39, 0.29) is 0 Å². The number of benzene rings is 1. The lowest BCUT2D eigenvalue weighted by Crippen LogP contribution is -2.03. The van der Waals surface area contributed by atoms with Gasteiger partial charge in [0.05, 0.1) is 29.6 Å². The molecule has 4 nitrogen and oxygen atoms in total. The summed E-state index contributed by atoms with van der Waals surface area (Å²) in [4.78, 5) is 4.47. The normalized spacial score (nSPS) is 10.6. The number of nitrogens with one attached hydrogen (secondary N) is 1. The second-order valence-electron chi connectivity index (χ2n) is 4.40. The van der Waals surface area contributed by atoms with Crippen LogP contribution in [0.5, 0.6) is 0 Å². The Morgan fingerprint density at radius 1 is 1.05 bits per heavy atom. The van der Waals surface area contributed by atoms with E-state index in [1.165, 1.54) is 0 Å². The van der Waals surface area contributed by atoms with Crippen LogP contribution in [0.1, 0.15) is 11.4 Å². The molecule has 1 N–H and O–H groups in total. The van der Waals surface area contributed by atoms with Crippen LogP contribution in [0.25, 0.3) is 10.9 Å². The van der Waals surface area contributed by atoms with Gasteiger partial charge in [0.1, 0.15) is 0 Å². The summed E-state index contributed by atoms with van der Waals surface area (Å²) in [6.07, 6.45) is 1.75. The molecule has 0 saturated heterocycles. The highest BCUT2D eigenvalue weighted by Crippen LogP contribution is 2.20. The molecule has 0 bridgehead atoms. The number of aryl methyl sites for hydroxylation is 1. The number of fused-ring (bicyclic) bond motifs is 1. The molecule has 0 aliphatic heterocycles. The standard InChI is InChI=1S/C15H14N4/c1-11-5-4-6-12(18-11)9-16-15-10-17-19-14-8-3-2-7-13(14)15/h2-8,10H,9H2,1H3,(H,16,19). The molecular weight excluding hydrogens is 236 g/mol. The van der Waals surface area contributed by atoms with E-state index < -0.39 is 0 Å². The van der Waals surface area contributed by atoms with E-state index in [1.807, 2.05) is 49.4 Å². The van der Waals surface area contributed by atoms with E-state index in [1.54, 1.807) is 6.20 Å². The quantitative estimate of drug-likeness (QED) is 0.776. The average molecular weight is 250 g/mol. The maximum absolute atomic E-state index is 4.47. The third kappa shape index (κ3) is 2.52. The van der Waals surface area contributed by atoms with Gasteiger partial charge in [0.15, 0.2) is 0 Å². The molecule has 0 unspecified atom stereocenters. The first-order valence-electron chi connectivity index (χ1n) is 6.20. The van der Waals surface area contributed by atoms with Gasteiger partial charge in [-0.15, -0.1) is 0 Å². The van der Waals surface area contributed by atoms with Crippen LogP contribution in [-0.4, -0.2) is 15.2 Å². The predicted molar refractivity (Wildman–Crippen MR) is 75.8 cm³/mol. The summed E-state index contributed by atoms with van der Waals surface area (Å²) < 4.78 is 0. The first kappa shape index (κ1) is 11.6. The molecule has 1 aromatic carbocycles. The summed E-state index contributed by atoms with van der Waals surface area (Å²) in [5.41, 5.74) is 3.91. The van der Waals surface area contributed by atoms with Crippen molar-refractivity contribution >= 4 is 16.6 Å². The largest absolute Gasteiger partial charge is 0.378 e. The van der Waals surface area contributed by atoms with Gasteiger partial charge in [0.2, 0.25) is 0 Å². The molecule has 4 heteroatoms. The monoisotopic (exact) mass is 250 g/mol. The smallest absolute Gasteiger partial charge is 0.0950 e. The van der Waals surface area contributed by atoms with Gasteiger partial charge in [-0.1, -0.05) is 24.3 Å². The van der Waals surface area contributed by atoms with Crippen LogP contribution < -0.4 is 5.32 Å². The highest BCUT2D eigenvalue weighted by Gasteiger charge is 2.02. The van der Waals surface area contributed by atoms with Crippen LogP contribution in [0, 0.1) is 6.92 Å². The fourth-order valence-corrected chi connectivity index (χ4v) is 2.03. The Hall–Kier alpha value is -2.49. The third-order valence-electron chi connectivity index (χ3n) is 2.95. The van der Waals surface area contributed by atoms with Gasteiger partial charge in [-0.3, -0.25) is 4.98 Å². The molecule has 0 radical (unpaired) electrons. The van der Waals surface area contributed by atoms with Gasteiger partial charge >= 0.3 is 0 Å². The summed E-state index contributed by atoms with van der Waals surface area (Å²) >= 11 is 0. The van der Waals surface area contributed by atoms with E-state index in [9.17, 15) is 0 Å². The molecule has 3 aromatic rings. The van der Waals surface area contributed by atoms with E-state index in [4.69, 9.17) is 0 Å². The second-order valence-corrected chi connectivity index (χ2v) is 4.40. The van der Waals surface area contributed by atoms with Crippen molar-refractivity contribution in [1.29, 1.82) is 0 Å². The zero-order valence-electron chi connectivity index (χ0n) is 10.7. The van der Waals surface area contributed by atoms with Gasteiger partial charge in [-0.05, 0) is 25.1 Å². The number of aromatic nitrogens is 3. The number of hydrogen-bond acceptors (Lipinski definition) is 4. The number of pyridine rings is 1. The fourth-order valence-electron chi connectivity index (χ4n) is 2.03. The molecule has 0 fully saturated rings. The van der Waals surface area contributed by atoms with Crippen molar-refractivity contribution in [2.45, 2.75) is 13.5 Å². The van der Waals surface area contributed by atoms with Crippen molar-refractivity contribution < 1.29 is 0 Å². The fraction of sp³-hybridized carbons (Fsp3) is 0.133. The summed E-state index contributed by atoms with van der Waals surface area (Å²) in [6.45, 7) is 2.67. The minimum absolute atomic E-state index is 0.678. The molecule has 0 aliphatic carbocycles. The minimum atomic E-state index is 0.678. The second kappa shape index (κ2) is 5.02. The van der Waals surface area contributed by atoms with Crippen molar-refractivity contribution in [2.75, 3.05) is 5.32 Å². The Morgan fingerprint density at radius 3 is 2.84 bits per heavy atom. The molecule has 0 saturated carbocycles. The Balaban J connectivity index is 1.86. The maximum atomic E-state index is 4.47. The van der Waals surface area contributed by atoms with Crippen LogP contribution >= 0.6 is 0 Å². The lowest BCUT2D eigenvalue weighted by molar-refractivity contribution is 1.01. The van der Waals surface area contributed by atoms with Gasteiger partial charge < -0.3 is 5.32 Å². The Bertz CT molecular complexity index is 704. The average Bonchev–Trinajstić information content (AvgIpc) is 2.45. The predicted octanol–water partition coefficient (Wildman–Crippen LogP) is 2.95. The minimum Gasteiger partial charge on any atom is -0.378 e. The van der Waals surface area contributed by atoms with Gasteiger partial charge in [-0.2, -0.15) is 10.2 Å². The third-order valence-corrected chi connectivity index (χ3v) is 2.95. The van der Waals surface area contributed by atoms with Crippen LogP contribution in [-0.2, 0) is 6.54 Å². The van der Waals surface area contributed by atoms with Crippen LogP contribution in [0.4, 0.5) is 5.69 Å². The van der Waals surface area contributed by atoms with Crippen molar-refractivity contribution in [3.63, 3.8) is 0 Å². The number of rotatable bonds is 3. The van der Waals surface area contributed by atoms with E-state index >= 15 is 0 Å². The summed E-state index contributed by atoms with van der Waals surface area (Å²) in [5.74, 6) is 0. The Labute approximate surface area is 111 Å². The van der Waals surface area contributed by atoms with E-state index in [2.05, 4.69) is 20.5 Å². The molecule has 94 valence electrons. The molecule has 0 atom stereocenters. The number of anilines is 1. The van der Waals surface area contributed by atoms with Crippen molar-refractivity contribution in [2.24, 2.45) is 0 Å². The molecule has 2 heterocycles. The first-order chi connectivity index (χ1) is 9.33. The van der Waals surface area contributed by atoms with Crippen molar-refractivity contribution in [3.05, 3.63) is 60.0 Å². The molecule has 19 heavy (non-hydrogen) atoms. The summed E-state index contributed by atoms with van der Waals surface area (Å²) in [6, 6.07) is 14.0. The molecule has 2 aromatic heterocycles. The number of hydrogen-bond donors (Lipinski definition) is 1. The highest BCUT2D eigenvalue weighted by molar-refractivity contribution is 5.90. The zero-order valence-corrected chi connectivity index (χ0v) is 10.7. The topological polar surface area (TPSA) is 50.7 Å². The zero-order chi connectivity index (χ0) is 13.1. The van der Waals surface area contributed by atoms with Gasteiger partial charge in [0.25, 0.3) is 0 Å². The molecule has 3 rings (SSSR count). The first-order valence-corrected chi connectivity index (χ1v) is 6.20. The van der Waals surface area contributed by atoms with Crippen molar-refractivity contribution in [3.8, 4) is 0 Å². The van der Waals surface area contributed by atoms with Crippen LogP contribution in [0.15, 0.2) is 48.7 Å². The molecule has 0 spiro atoms. The lowest BCUT2D eigenvalue weighted by Gasteiger charge is -2.08. The summed E-state index contributed by atoms with van der Waals surface area (Å²) in [7, 11) is 0. The highest BCUT2D eigenvalue weighted by atomic mass is 15.1. The van der Waals surface area contributed by atoms with Crippen LogP contribution in [0.3, 0.4) is 0 Å². The van der Waals surface area contributed by atoms with Gasteiger partial charge in [-0.25, -0.2) is 0 Å². The number of nitrogens with zero attached hydrogens (tertiary/aromatic N) is 3. The Kier molecular flexibility index (Phi) is 3.06. The van der Waals surface area contributed by atoms with E-state index in [0.717, 1.165) is 28.0 Å². The van der Waals surface area contributed by atoms with E-state index in [0.29, 0.717) is 6.54 Å². The lowest BCUT2D eigenvalue weighted by atomic mass is 10.2. The van der Waals surface area contributed by atoms with Crippen molar-refractivity contribution in [1.82, 2.24) is 15.2 Å². The Morgan fingerprint density at radius 2 is 1.95 bits per heavy atom. The summed E-state index contributed by atoms with van der Waals surface area (Å²) in [5, 5.41) is 12.6. The maximum Gasteiger partial charge on any atom is 0.0950 e. The molecule has 0 amide bonds. The SMILES string of the molecule is Cc1cccc(CNc2cnnc3ccccc23)n1.